The standard InChI is InChI=1S/C10H8F2N2O/c1-15-10-7(9-4-13-5-14-9)2-6(11)3-8(10)12/h2-5H,1H3,(H,13,14). The quantitative estimate of drug-likeness (QED) is 0.826. The van der Waals surface area contributed by atoms with E-state index >= 15 is 0 Å². The van der Waals surface area contributed by atoms with E-state index in [9.17, 15) is 8.78 Å². The Morgan fingerprint density at radius 3 is 2.73 bits per heavy atom. The fraction of sp³-hybridized carbons (Fsp3) is 0.100. The third kappa shape index (κ3) is 1.68. The third-order valence-corrected chi connectivity index (χ3v) is 2.00. The molecule has 2 rings (SSSR count). The molecule has 5 heteroatoms. The van der Waals surface area contributed by atoms with Crippen LogP contribution in [0.25, 0.3) is 11.3 Å². The van der Waals surface area contributed by atoms with Gasteiger partial charge in [0.15, 0.2) is 11.6 Å². The Morgan fingerprint density at radius 2 is 2.13 bits per heavy atom. The molecular weight excluding hydrogens is 202 g/mol. The van der Waals surface area contributed by atoms with Crippen LogP contribution >= 0.6 is 0 Å². The lowest BCUT2D eigenvalue weighted by Gasteiger charge is -2.07. The molecule has 0 unspecified atom stereocenters. The molecule has 0 bridgehead atoms. The summed E-state index contributed by atoms with van der Waals surface area (Å²) in [6.07, 6.45) is 2.90. The number of imidazole rings is 1. The lowest BCUT2D eigenvalue weighted by atomic mass is 10.1. The summed E-state index contributed by atoms with van der Waals surface area (Å²) < 4.78 is 31.2. The van der Waals surface area contributed by atoms with Crippen molar-refractivity contribution in [1.29, 1.82) is 0 Å². The van der Waals surface area contributed by atoms with Gasteiger partial charge in [0.2, 0.25) is 0 Å². The van der Waals surface area contributed by atoms with Gasteiger partial charge >= 0.3 is 0 Å². The number of methoxy groups -OCH3 is 1. The minimum atomic E-state index is -0.734. The number of rotatable bonds is 2. The maximum Gasteiger partial charge on any atom is 0.168 e. The summed E-state index contributed by atoms with van der Waals surface area (Å²) in [6.45, 7) is 0. The lowest BCUT2D eigenvalue weighted by Crippen LogP contribution is -1.94. The van der Waals surface area contributed by atoms with E-state index in [1.54, 1.807) is 0 Å². The molecule has 0 radical (unpaired) electrons. The summed E-state index contributed by atoms with van der Waals surface area (Å²) >= 11 is 0. The van der Waals surface area contributed by atoms with Gasteiger partial charge in [0, 0.05) is 11.6 Å². The number of aromatic amines is 1. The first-order chi connectivity index (χ1) is 7.22. The van der Waals surface area contributed by atoms with E-state index in [-0.39, 0.29) is 5.75 Å². The maximum atomic E-state index is 13.3. The van der Waals surface area contributed by atoms with Crippen LogP contribution in [-0.2, 0) is 0 Å². The highest BCUT2D eigenvalue weighted by Gasteiger charge is 2.14. The van der Waals surface area contributed by atoms with Gasteiger partial charge in [-0.05, 0) is 6.07 Å². The van der Waals surface area contributed by atoms with Gasteiger partial charge in [-0.3, -0.25) is 0 Å². The van der Waals surface area contributed by atoms with E-state index < -0.39 is 11.6 Å². The highest BCUT2D eigenvalue weighted by molar-refractivity contribution is 5.66. The second-order valence-electron chi connectivity index (χ2n) is 2.93. The van der Waals surface area contributed by atoms with Crippen LogP contribution in [0.1, 0.15) is 0 Å². The molecule has 3 nitrogen and oxygen atoms in total. The third-order valence-electron chi connectivity index (χ3n) is 2.00. The van der Waals surface area contributed by atoms with Gasteiger partial charge in [0.05, 0.1) is 25.3 Å². The average molecular weight is 210 g/mol. The number of hydrogen-bond acceptors (Lipinski definition) is 2. The SMILES string of the molecule is COc1c(F)cc(F)cc1-c1cnc[nH]1. The molecule has 0 fully saturated rings. The Kier molecular flexibility index (Phi) is 2.37. The van der Waals surface area contributed by atoms with Crippen molar-refractivity contribution in [2.45, 2.75) is 0 Å². The van der Waals surface area contributed by atoms with Crippen molar-refractivity contribution in [1.82, 2.24) is 9.97 Å². The Hall–Kier alpha value is -1.91. The van der Waals surface area contributed by atoms with Crippen LogP contribution in [0.2, 0.25) is 0 Å². The monoisotopic (exact) mass is 210 g/mol. The van der Waals surface area contributed by atoms with Crippen molar-refractivity contribution < 1.29 is 13.5 Å². The molecule has 1 N–H and O–H groups in total. The molecule has 0 saturated carbocycles. The molecule has 1 aromatic carbocycles. The minimum absolute atomic E-state index is 0.000602. The van der Waals surface area contributed by atoms with Crippen molar-refractivity contribution in [3.63, 3.8) is 0 Å². The highest BCUT2D eigenvalue weighted by atomic mass is 19.1. The van der Waals surface area contributed by atoms with Crippen molar-refractivity contribution >= 4 is 0 Å². The van der Waals surface area contributed by atoms with Gasteiger partial charge in [0.25, 0.3) is 0 Å². The number of nitrogens with zero attached hydrogens (tertiary/aromatic N) is 1. The fourth-order valence-corrected chi connectivity index (χ4v) is 1.37. The lowest BCUT2D eigenvalue weighted by molar-refractivity contribution is 0.386. The van der Waals surface area contributed by atoms with Crippen LogP contribution in [0.3, 0.4) is 0 Å². The number of nitrogens with one attached hydrogen (secondary N) is 1. The van der Waals surface area contributed by atoms with Crippen molar-refractivity contribution in [3.8, 4) is 17.0 Å². The molecule has 1 heterocycles. The van der Waals surface area contributed by atoms with Gasteiger partial charge in [0.1, 0.15) is 5.82 Å². The summed E-state index contributed by atoms with van der Waals surface area (Å²) in [4.78, 5) is 6.54. The normalized spacial score (nSPS) is 10.3. The minimum Gasteiger partial charge on any atom is -0.493 e. The zero-order valence-electron chi connectivity index (χ0n) is 7.92. The Bertz CT molecular complexity index is 469. The molecular formula is C10H8F2N2O. The van der Waals surface area contributed by atoms with Crippen LogP contribution in [0.15, 0.2) is 24.7 Å². The first kappa shape index (κ1) is 9.64. The van der Waals surface area contributed by atoms with Crippen molar-refractivity contribution in [3.05, 3.63) is 36.3 Å². The molecule has 1 aromatic heterocycles. The summed E-state index contributed by atoms with van der Waals surface area (Å²) in [5, 5.41) is 0. The van der Waals surface area contributed by atoms with Crippen LogP contribution in [0.4, 0.5) is 8.78 Å². The smallest absolute Gasteiger partial charge is 0.168 e. The zero-order chi connectivity index (χ0) is 10.8. The van der Waals surface area contributed by atoms with Crippen molar-refractivity contribution in [2.75, 3.05) is 7.11 Å². The van der Waals surface area contributed by atoms with Crippen molar-refractivity contribution in [2.24, 2.45) is 0 Å². The zero-order valence-corrected chi connectivity index (χ0v) is 7.92. The predicted octanol–water partition coefficient (Wildman–Crippen LogP) is 2.36. The summed E-state index contributed by atoms with van der Waals surface area (Å²) in [5.74, 6) is -1.39. The number of H-pyrrole nitrogens is 1. The van der Waals surface area contributed by atoms with E-state index in [1.807, 2.05) is 0 Å². The Morgan fingerprint density at radius 1 is 1.33 bits per heavy atom. The molecule has 0 aliphatic carbocycles. The molecule has 2 aromatic rings. The first-order valence-corrected chi connectivity index (χ1v) is 4.24. The number of aromatic nitrogens is 2. The summed E-state index contributed by atoms with van der Waals surface area (Å²) in [6, 6.07) is 1.97. The number of hydrogen-bond donors (Lipinski definition) is 1. The summed E-state index contributed by atoms with van der Waals surface area (Å²) in [5.41, 5.74) is 0.817. The van der Waals surface area contributed by atoms with Gasteiger partial charge < -0.3 is 9.72 Å². The second kappa shape index (κ2) is 3.68. The van der Waals surface area contributed by atoms with E-state index in [0.717, 1.165) is 6.07 Å². The van der Waals surface area contributed by atoms with Crippen LogP contribution in [-0.4, -0.2) is 17.1 Å². The van der Waals surface area contributed by atoms with E-state index in [1.165, 1.54) is 25.7 Å². The second-order valence-corrected chi connectivity index (χ2v) is 2.93. The number of benzene rings is 1. The molecule has 0 atom stereocenters. The topological polar surface area (TPSA) is 37.9 Å². The van der Waals surface area contributed by atoms with E-state index in [4.69, 9.17) is 4.74 Å². The molecule has 78 valence electrons. The van der Waals surface area contributed by atoms with Crippen LogP contribution in [0, 0.1) is 11.6 Å². The maximum absolute atomic E-state index is 13.3. The van der Waals surface area contributed by atoms with Gasteiger partial charge in [-0.1, -0.05) is 0 Å². The Balaban J connectivity index is 2.64. The molecule has 0 aliphatic heterocycles. The van der Waals surface area contributed by atoms with Gasteiger partial charge in [-0.15, -0.1) is 0 Å². The average Bonchev–Trinajstić information content (AvgIpc) is 2.69. The number of ether oxygens (including phenoxy) is 1. The fourth-order valence-electron chi connectivity index (χ4n) is 1.37. The number of halogens is 2. The first-order valence-electron chi connectivity index (χ1n) is 4.24. The molecule has 0 spiro atoms. The van der Waals surface area contributed by atoms with Gasteiger partial charge in [-0.2, -0.15) is 0 Å². The Labute approximate surface area is 84.7 Å². The molecule has 0 saturated heterocycles. The molecule has 0 amide bonds. The van der Waals surface area contributed by atoms with E-state index in [2.05, 4.69) is 9.97 Å². The predicted molar refractivity (Wildman–Crippen MR) is 50.5 cm³/mol. The molecule has 15 heavy (non-hydrogen) atoms. The summed E-state index contributed by atoms with van der Waals surface area (Å²) in [7, 11) is 1.33. The molecule has 0 aliphatic rings. The highest BCUT2D eigenvalue weighted by Crippen LogP contribution is 2.31. The van der Waals surface area contributed by atoms with Gasteiger partial charge in [-0.25, -0.2) is 13.8 Å². The van der Waals surface area contributed by atoms with Crippen LogP contribution < -0.4 is 4.74 Å². The van der Waals surface area contributed by atoms with E-state index in [0.29, 0.717) is 11.3 Å². The van der Waals surface area contributed by atoms with Crippen LogP contribution in [0.5, 0.6) is 5.75 Å². The largest absolute Gasteiger partial charge is 0.493 e.